The van der Waals surface area contributed by atoms with E-state index in [1.165, 1.54) is 30.5 Å². The molecule has 1 aromatic heterocycles. The number of carbonyl (C=O) groups is 1. The highest BCUT2D eigenvalue weighted by atomic mass is 35.5. The third kappa shape index (κ3) is 4.52. The second-order valence-corrected chi connectivity index (χ2v) is 6.15. The van der Waals surface area contributed by atoms with Gasteiger partial charge in [0.25, 0.3) is 11.6 Å². The molecule has 27 heavy (non-hydrogen) atoms. The molecule has 0 unspecified atom stereocenters. The fraction of sp³-hybridized carbons (Fsp3) is 0. The quantitative estimate of drug-likeness (QED) is 0.371. The molecule has 0 saturated heterocycles. The number of rotatable bonds is 5. The lowest BCUT2D eigenvalue weighted by atomic mass is 10.2. The molecule has 0 saturated carbocycles. The third-order valence-corrected chi connectivity index (χ3v) is 4.27. The molecular weight excluding hydrogens is 393 g/mol. The van der Waals surface area contributed by atoms with Crippen LogP contribution >= 0.6 is 23.2 Å². The Labute approximate surface area is 163 Å². The zero-order valence-corrected chi connectivity index (χ0v) is 15.1. The normalized spacial score (nSPS) is 10.9. The van der Waals surface area contributed by atoms with Gasteiger partial charge in [0.05, 0.1) is 21.2 Å². The molecule has 0 fully saturated rings. The van der Waals surface area contributed by atoms with Gasteiger partial charge < -0.3 is 4.42 Å². The Balaban J connectivity index is 1.64. The van der Waals surface area contributed by atoms with E-state index >= 15 is 0 Å². The number of benzene rings is 2. The first kappa shape index (κ1) is 18.6. The van der Waals surface area contributed by atoms with Gasteiger partial charge in [0.15, 0.2) is 0 Å². The summed E-state index contributed by atoms with van der Waals surface area (Å²) in [6.07, 6.45) is 1.34. The van der Waals surface area contributed by atoms with Crippen LogP contribution in [0.5, 0.6) is 0 Å². The number of nitrogens with zero attached hydrogens (tertiary/aromatic N) is 2. The monoisotopic (exact) mass is 403 g/mol. The Kier molecular flexibility index (Phi) is 5.54. The highest BCUT2D eigenvalue weighted by Crippen LogP contribution is 2.29. The molecule has 0 bridgehead atoms. The van der Waals surface area contributed by atoms with Crippen LogP contribution in [0.3, 0.4) is 0 Å². The molecule has 0 atom stereocenters. The zero-order valence-electron chi connectivity index (χ0n) is 13.6. The number of carbonyl (C=O) groups excluding carboxylic acids is 1. The Morgan fingerprint density at radius 3 is 2.48 bits per heavy atom. The van der Waals surface area contributed by atoms with Crippen LogP contribution in [0.25, 0.3) is 11.3 Å². The van der Waals surface area contributed by atoms with Crippen LogP contribution in [0.4, 0.5) is 5.69 Å². The SMILES string of the molecule is O=C(NN=Cc1ccc(-c2ccc(Cl)c(Cl)c2)o1)c1ccc([N+](=O)[O-])cc1. The van der Waals surface area contributed by atoms with E-state index in [0.29, 0.717) is 21.6 Å². The lowest BCUT2D eigenvalue weighted by Crippen LogP contribution is -2.17. The van der Waals surface area contributed by atoms with Gasteiger partial charge in [-0.25, -0.2) is 5.43 Å². The van der Waals surface area contributed by atoms with Crippen molar-refractivity contribution in [3.05, 3.63) is 86.1 Å². The van der Waals surface area contributed by atoms with Crippen LogP contribution in [-0.4, -0.2) is 17.0 Å². The molecule has 3 aromatic rings. The topological polar surface area (TPSA) is 97.7 Å². The predicted octanol–water partition coefficient (Wildman–Crippen LogP) is 4.93. The maximum atomic E-state index is 12.0. The first-order valence-electron chi connectivity index (χ1n) is 7.57. The first-order chi connectivity index (χ1) is 12.9. The van der Waals surface area contributed by atoms with E-state index < -0.39 is 10.8 Å². The summed E-state index contributed by atoms with van der Waals surface area (Å²) in [6.45, 7) is 0. The van der Waals surface area contributed by atoms with Gasteiger partial charge in [-0.1, -0.05) is 23.2 Å². The molecule has 2 aromatic carbocycles. The summed E-state index contributed by atoms with van der Waals surface area (Å²) in [6, 6.07) is 13.7. The van der Waals surface area contributed by atoms with Crippen LogP contribution < -0.4 is 5.43 Å². The Morgan fingerprint density at radius 1 is 1.07 bits per heavy atom. The number of nitro groups is 1. The Bertz CT molecular complexity index is 1030. The van der Waals surface area contributed by atoms with E-state index in [1.807, 2.05) is 0 Å². The average Bonchev–Trinajstić information content (AvgIpc) is 3.13. The van der Waals surface area contributed by atoms with Gasteiger partial charge in [-0.05, 0) is 42.5 Å². The van der Waals surface area contributed by atoms with E-state index in [9.17, 15) is 14.9 Å². The van der Waals surface area contributed by atoms with Crippen LogP contribution in [0.15, 0.2) is 64.1 Å². The summed E-state index contributed by atoms with van der Waals surface area (Å²) < 4.78 is 5.62. The van der Waals surface area contributed by atoms with Crippen LogP contribution in [0.1, 0.15) is 16.1 Å². The number of amides is 1. The Hall–Kier alpha value is -3.16. The van der Waals surface area contributed by atoms with Gasteiger partial charge in [-0.3, -0.25) is 14.9 Å². The molecule has 0 aliphatic carbocycles. The smallest absolute Gasteiger partial charge is 0.271 e. The number of non-ortho nitro benzene ring substituents is 1. The van der Waals surface area contributed by atoms with E-state index in [4.69, 9.17) is 27.6 Å². The van der Waals surface area contributed by atoms with Crippen molar-refractivity contribution >= 4 is 41.0 Å². The minimum atomic E-state index is -0.539. The van der Waals surface area contributed by atoms with Crippen molar-refractivity contribution < 1.29 is 14.1 Å². The number of halogens is 2. The predicted molar refractivity (Wildman–Crippen MR) is 102 cm³/mol. The summed E-state index contributed by atoms with van der Waals surface area (Å²) >= 11 is 11.9. The summed E-state index contributed by atoms with van der Waals surface area (Å²) in [5, 5.41) is 15.3. The number of nitrogens with one attached hydrogen (secondary N) is 1. The number of nitro benzene ring substituents is 1. The van der Waals surface area contributed by atoms with Gasteiger partial charge in [0.1, 0.15) is 11.5 Å². The van der Waals surface area contributed by atoms with E-state index in [-0.39, 0.29) is 11.3 Å². The molecular formula is C18H11Cl2N3O4. The van der Waals surface area contributed by atoms with Gasteiger partial charge in [-0.15, -0.1) is 0 Å². The second kappa shape index (κ2) is 8.03. The summed E-state index contributed by atoms with van der Waals surface area (Å²) in [7, 11) is 0. The van der Waals surface area contributed by atoms with Crippen molar-refractivity contribution in [2.75, 3.05) is 0 Å². The maximum absolute atomic E-state index is 12.0. The van der Waals surface area contributed by atoms with Gasteiger partial charge in [0, 0.05) is 23.3 Å². The van der Waals surface area contributed by atoms with E-state index in [0.717, 1.165) is 5.56 Å². The van der Waals surface area contributed by atoms with E-state index in [2.05, 4.69) is 10.5 Å². The van der Waals surface area contributed by atoms with Gasteiger partial charge >= 0.3 is 0 Å². The standard InChI is InChI=1S/C18H11Cl2N3O4/c19-15-7-3-12(9-16(15)20)17-8-6-14(27-17)10-21-22-18(24)11-1-4-13(5-2-11)23(25)26/h1-10H,(H,22,24). The zero-order chi connectivity index (χ0) is 19.4. The van der Waals surface area contributed by atoms with Crippen LogP contribution in [-0.2, 0) is 0 Å². The lowest BCUT2D eigenvalue weighted by molar-refractivity contribution is -0.384. The average molecular weight is 404 g/mol. The van der Waals surface area contributed by atoms with Crippen molar-refractivity contribution in [2.45, 2.75) is 0 Å². The highest BCUT2D eigenvalue weighted by Gasteiger charge is 2.09. The number of hydrogen-bond acceptors (Lipinski definition) is 5. The van der Waals surface area contributed by atoms with Gasteiger partial charge in [-0.2, -0.15) is 5.10 Å². The molecule has 0 aliphatic rings. The molecule has 1 N–H and O–H groups in total. The number of hydrogen-bond donors (Lipinski definition) is 1. The summed E-state index contributed by atoms with van der Waals surface area (Å²) in [5.41, 5.74) is 3.22. The minimum Gasteiger partial charge on any atom is -0.455 e. The minimum absolute atomic E-state index is 0.0968. The van der Waals surface area contributed by atoms with Crippen LogP contribution in [0, 0.1) is 10.1 Å². The van der Waals surface area contributed by atoms with Gasteiger partial charge in [0.2, 0.25) is 0 Å². The molecule has 3 rings (SSSR count). The third-order valence-electron chi connectivity index (χ3n) is 3.53. The fourth-order valence-corrected chi connectivity index (χ4v) is 2.48. The number of hydrazone groups is 1. The van der Waals surface area contributed by atoms with Crippen molar-refractivity contribution in [3.63, 3.8) is 0 Å². The maximum Gasteiger partial charge on any atom is 0.271 e. The molecule has 0 aliphatic heterocycles. The van der Waals surface area contributed by atoms with E-state index in [1.54, 1.807) is 30.3 Å². The highest BCUT2D eigenvalue weighted by molar-refractivity contribution is 6.42. The molecule has 136 valence electrons. The first-order valence-corrected chi connectivity index (χ1v) is 8.33. The molecule has 7 nitrogen and oxygen atoms in total. The molecule has 9 heteroatoms. The lowest BCUT2D eigenvalue weighted by Gasteiger charge is -2.00. The number of furan rings is 1. The summed E-state index contributed by atoms with van der Waals surface area (Å²) in [5.74, 6) is 0.481. The molecule has 0 radical (unpaired) electrons. The van der Waals surface area contributed by atoms with Crippen molar-refractivity contribution in [3.8, 4) is 11.3 Å². The van der Waals surface area contributed by atoms with Crippen molar-refractivity contribution in [1.29, 1.82) is 0 Å². The fourth-order valence-electron chi connectivity index (χ4n) is 2.18. The summed E-state index contributed by atoms with van der Waals surface area (Å²) in [4.78, 5) is 22.0. The van der Waals surface area contributed by atoms with Crippen molar-refractivity contribution in [2.24, 2.45) is 5.10 Å². The second-order valence-electron chi connectivity index (χ2n) is 5.33. The Morgan fingerprint density at radius 2 is 1.81 bits per heavy atom. The molecule has 1 amide bonds. The molecule has 1 heterocycles. The largest absolute Gasteiger partial charge is 0.455 e. The van der Waals surface area contributed by atoms with Crippen LogP contribution in [0.2, 0.25) is 10.0 Å². The molecule has 0 spiro atoms. The van der Waals surface area contributed by atoms with Crippen molar-refractivity contribution in [1.82, 2.24) is 5.43 Å².